The van der Waals surface area contributed by atoms with Crippen molar-refractivity contribution in [2.75, 3.05) is 11.1 Å². The van der Waals surface area contributed by atoms with Crippen molar-refractivity contribution in [1.82, 2.24) is 9.97 Å². The second-order valence-electron chi connectivity index (χ2n) is 6.99. The summed E-state index contributed by atoms with van der Waals surface area (Å²) in [6.07, 6.45) is 3.09. The molecule has 4 N–H and O–H groups in total. The van der Waals surface area contributed by atoms with E-state index in [-0.39, 0.29) is 17.2 Å². The molecule has 29 heavy (non-hydrogen) atoms. The zero-order valence-electron chi connectivity index (χ0n) is 15.8. The van der Waals surface area contributed by atoms with Gasteiger partial charge in [0.05, 0.1) is 16.9 Å². The Labute approximate surface area is 175 Å². The van der Waals surface area contributed by atoms with E-state index in [1.165, 1.54) is 16.6 Å². The van der Waals surface area contributed by atoms with Crippen molar-refractivity contribution in [3.8, 4) is 0 Å². The number of primary amides is 1. The molecule has 9 heteroatoms. The van der Waals surface area contributed by atoms with Crippen molar-refractivity contribution < 1.29 is 9.59 Å². The predicted octanol–water partition coefficient (Wildman–Crippen LogP) is 2.75. The van der Waals surface area contributed by atoms with E-state index in [4.69, 9.17) is 5.73 Å². The van der Waals surface area contributed by atoms with Crippen LogP contribution >= 0.6 is 23.1 Å². The number of aromatic amines is 1. The maximum Gasteiger partial charge on any atom is 0.259 e. The first-order chi connectivity index (χ1) is 13.9. The topological polar surface area (TPSA) is 118 Å². The summed E-state index contributed by atoms with van der Waals surface area (Å²) in [5.41, 5.74) is 8.12. The molecule has 0 unspecified atom stereocenters. The van der Waals surface area contributed by atoms with Crippen LogP contribution in [0.15, 0.2) is 23.0 Å². The first-order valence-electron chi connectivity index (χ1n) is 9.24. The zero-order chi connectivity index (χ0) is 20.5. The molecule has 1 aromatic carbocycles. The summed E-state index contributed by atoms with van der Waals surface area (Å²) in [6, 6.07) is 4.97. The number of nitrogens with two attached hydrogens (primary N) is 1. The van der Waals surface area contributed by atoms with Gasteiger partial charge >= 0.3 is 0 Å². The fraction of sp³-hybridized carbons (Fsp3) is 0.300. The van der Waals surface area contributed by atoms with Crippen molar-refractivity contribution in [3.63, 3.8) is 0 Å². The SMILES string of the molecule is Cc1cc(NC(=O)CSCc2nc3sc4c(c3c(=O)[nH]2)CCC4)ccc1C(N)=O. The van der Waals surface area contributed by atoms with Gasteiger partial charge in [-0.2, -0.15) is 0 Å². The summed E-state index contributed by atoms with van der Waals surface area (Å²) < 4.78 is 0. The number of fused-ring (bicyclic) bond motifs is 3. The lowest BCUT2D eigenvalue weighted by molar-refractivity contribution is -0.113. The van der Waals surface area contributed by atoms with Crippen molar-refractivity contribution in [2.45, 2.75) is 31.9 Å². The molecule has 4 rings (SSSR count). The van der Waals surface area contributed by atoms with Crippen LogP contribution < -0.4 is 16.6 Å². The molecule has 7 nitrogen and oxygen atoms in total. The van der Waals surface area contributed by atoms with Crippen molar-refractivity contribution in [2.24, 2.45) is 5.73 Å². The van der Waals surface area contributed by atoms with Crippen LogP contribution in [0.3, 0.4) is 0 Å². The molecule has 0 radical (unpaired) electrons. The zero-order valence-corrected chi connectivity index (χ0v) is 17.5. The quantitative estimate of drug-likeness (QED) is 0.558. The third-order valence-corrected chi connectivity index (χ3v) is 7.00. The number of nitrogens with one attached hydrogen (secondary N) is 2. The van der Waals surface area contributed by atoms with E-state index in [0.29, 0.717) is 28.4 Å². The predicted molar refractivity (Wildman–Crippen MR) is 117 cm³/mol. The molecule has 0 saturated heterocycles. The highest BCUT2D eigenvalue weighted by Crippen LogP contribution is 2.34. The van der Waals surface area contributed by atoms with Gasteiger partial charge in [0.25, 0.3) is 5.56 Å². The van der Waals surface area contributed by atoms with E-state index in [9.17, 15) is 14.4 Å². The fourth-order valence-electron chi connectivity index (χ4n) is 3.57. The minimum Gasteiger partial charge on any atom is -0.366 e. The average Bonchev–Trinajstić information content (AvgIpc) is 3.22. The Hall–Kier alpha value is -2.65. The van der Waals surface area contributed by atoms with Crippen LogP contribution in [0.5, 0.6) is 0 Å². The molecule has 2 heterocycles. The first kappa shape index (κ1) is 19.7. The molecular weight excluding hydrogens is 408 g/mol. The molecule has 1 aliphatic rings. The first-order valence-corrected chi connectivity index (χ1v) is 11.2. The monoisotopic (exact) mass is 428 g/mol. The second-order valence-corrected chi connectivity index (χ2v) is 9.05. The summed E-state index contributed by atoms with van der Waals surface area (Å²) in [7, 11) is 0. The Morgan fingerprint density at radius 2 is 2.17 bits per heavy atom. The molecule has 0 fully saturated rings. The molecule has 3 aromatic rings. The number of H-pyrrole nitrogens is 1. The number of hydrogen-bond donors (Lipinski definition) is 3. The number of amides is 2. The maximum atomic E-state index is 12.5. The lowest BCUT2D eigenvalue weighted by Crippen LogP contribution is -2.16. The normalized spacial score (nSPS) is 12.9. The van der Waals surface area contributed by atoms with E-state index in [1.807, 2.05) is 0 Å². The summed E-state index contributed by atoms with van der Waals surface area (Å²) in [6.45, 7) is 1.77. The molecule has 150 valence electrons. The number of aromatic nitrogens is 2. The summed E-state index contributed by atoms with van der Waals surface area (Å²) in [5, 5.41) is 3.54. The van der Waals surface area contributed by atoms with E-state index >= 15 is 0 Å². The molecule has 0 atom stereocenters. The Morgan fingerprint density at radius 1 is 1.34 bits per heavy atom. The van der Waals surface area contributed by atoms with E-state index in [0.717, 1.165) is 35.0 Å². The van der Waals surface area contributed by atoms with Gasteiger partial charge in [0.15, 0.2) is 0 Å². The van der Waals surface area contributed by atoms with E-state index in [2.05, 4.69) is 15.3 Å². The highest BCUT2D eigenvalue weighted by molar-refractivity contribution is 7.99. The van der Waals surface area contributed by atoms with Gasteiger partial charge in [0.2, 0.25) is 11.8 Å². The Kier molecular flexibility index (Phi) is 5.42. The van der Waals surface area contributed by atoms with Crippen LogP contribution in [0, 0.1) is 6.92 Å². The number of anilines is 1. The van der Waals surface area contributed by atoms with Crippen LogP contribution in [0.2, 0.25) is 0 Å². The minimum absolute atomic E-state index is 0.0838. The average molecular weight is 429 g/mol. The third-order valence-electron chi connectivity index (χ3n) is 4.87. The molecule has 1 aliphatic carbocycles. The largest absolute Gasteiger partial charge is 0.366 e. The van der Waals surface area contributed by atoms with Crippen molar-refractivity contribution in [1.29, 1.82) is 0 Å². The van der Waals surface area contributed by atoms with Gasteiger partial charge in [-0.05, 0) is 55.5 Å². The molecule has 0 saturated carbocycles. The van der Waals surface area contributed by atoms with Crippen LogP contribution in [-0.4, -0.2) is 27.5 Å². The summed E-state index contributed by atoms with van der Waals surface area (Å²) in [4.78, 5) is 45.4. The van der Waals surface area contributed by atoms with Gasteiger partial charge in [-0.25, -0.2) is 4.98 Å². The van der Waals surface area contributed by atoms with Gasteiger partial charge in [-0.1, -0.05) is 0 Å². The smallest absolute Gasteiger partial charge is 0.259 e. The Morgan fingerprint density at radius 3 is 2.93 bits per heavy atom. The Bertz CT molecular complexity index is 1180. The molecular formula is C20H20N4O3S2. The van der Waals surface area contributed by atoms with Crippen LogP contribution in [0.1, 0.15) is 38.6 Å². The lowest BCUT2D eigenvalue weighted by atomic mass is 10.1. The summed E-state index contributed by atoms with van der Waals surface area (Å²) in [5.74, 6) is 0.590. The molecule has 0 aliphatic heterocycles. The molecule has 0 spiro atoms. The highest BCUT2D eigenvalue weighted by atomic mass is 32.2. The lowest BCUT2D eigenvalue weighted by Gasteiger charge is -2.08. The van der Waals surface area contributed by atoms with Crippen LogP contribution in [0.25, 0.3) is 10.2 Å². The van der Waals surface area contributed by atoms with Crippen molar-refractivity contribution >= 4 is 50.8 Å². The minimum atomic E-state index is -0.495. The number of aryl methyl sites for hydroxylation is 3. The van der Waals surface area contributed by atoms with Gasteiger partial charge in [-0.3, -0.25) is 14.4 Å². The highest BCUT2D eigenvalue weighted by Gasteiger charge is 2.21. The van der Waals surface area contributed by atoms with Gasteiger partial charge < -0.3 is 16.0 Å². The van der Waals surface area contributed by atoms with Gasteiger partial charge in [0, 0.05) is 16.1 Å². The van der Waals surface area contributed by atoms with E-state index < -0.39 is 5.91 Å². The fourth-order valence-corrected chi connectivity index (χ4v) is 5.54. The summed E-state index contributed by atoms with van der Waals surface area (Å²) >= 11 is 2.99. The number of hydrogen-bond acceptors (Lipinski definition) is 6. The molecule has 2 aromatic heterocycles. The van der Waals surface area contributed by atoms with Gasteiger partial charge in [0.1, 0.15) is 10.7 Å². The van der Waals surface area contributed by atoms with Crippen LogP contribution in [0.4, 0.5) is 5.69 Å². The van der Waals surface area contributed by atoms with Gasteiger partial charge in [-0.15, -0.1) is 23.1 Å². The standard InChI is InChI=1S/C20H20N4O3S2/c1-10-7-11(5-6-12(10)18(21)26)22-16(25)9-28-8-15-23-19(27)17-13-3-2-4-14(13)29-20(17)24-15/h5-7H,2-4,8-9H2,1H3,(H2,21,26)(H,22,25)(H,23,24,27). The molecule has 0 bridgehead atoms. The number of nitrogens with zero attached hydrogens (tertiary/aromatic N) is 1. The van der Waals surface area contributed by atoms with E-state index in [1.54, 1.807) is 36.5 Å². The maximum absolute atomic E-state index is 12.5. The molecule has 2 amide bonds. The number of rotatable bonds is 6. The van der Waals surface area contributed by atoms with Crippen LogP contribution in [-0.2, 0) is 23.4 Å². The number of thioether (sulfide) groups is 1. The third kappa shape index (κ3) is 4.06. The number of carbonyl (C=O) groups excluding carboxylic acids is 2. The number of benzene rings is 1. The second kappa shape index (κ2) is 8.00. The van der Waals surface area contributed by atoms with Crippen molar-refractivity contribution in [3.05, 3.63) is 55.9 Å². The Balaban J connectivity index is 1.36. The number of thiophene rings is 1. The number of carbonyl (C=O) groups is 2.